The van der Waals surface area contributed by atoms with Crippen molar-refractivity contribution in [3.8, 4) is 11.5 Å². The molecule has 4 rings (SSSR count). The molecule has 1 aliphatic rings. The first kappa shape index (κ1) is 26.2. The second kappa shape index (κ2) is 11.4. The lowest BCUT2D eigenvalue weighted by molar-refractivity contribution is -0.140. The summed E-state index contributed by atoms with van der Waals surface area (Å²) in [5.74, 6) is -3.72. The normalized spacial score (nSPS) is 14.9. The molecule has 1 aromatic heterocycles. The molecule has 0 bridgehead atoms. The third-order valence-electron chi connectivity index (χ3n) is 6.45. The highest BCUT2D eigenvalue weighted by Crippen LogP contribution is 2.34. The van der Waals surface area contributed by atoms with E-state index in [0.29, 0.717) is 19.6 Å². The first-order valence-corrected chi connectivity index (χ1v) is 11.8. The molecule has 0 unspecified atom stereocenters. The molecular formula is C27H28F2N2O6. The van der Waals surface area contributed by atoms with Gasteiger partial charge in [-0.3, -0.25) is 14.5 Å². The van der Waals surface area contributed by atoms with Crippen LogP contribution >= 0.6 is 0 Å². The number of piperazine rings is 1. The molecule has 0 amide bonds. The van der Waals surface area contributed by atoms with Crippen LogP contribution in [0.5, 0.6) is 11.5 Å². The number of anilines is 1. The van der Waals surface area contributed by atoms with Crippen LogP contribution in [0.3, 0.4) is 0 Å². The Morgan fingerprint density at radius 2 is 1.73 bits per heavy atom. The zero-order chi connectivity index (χ0) is 26.5. The van der Waals surface area contributed by atoms with Crippen LogP contribution in [-0.2, 0) is 16.1 Å². The summed E-state index contributed by atoms with van der Waals surface area (Å²) in [6, 6.07) is 12.1. The maximum absolute atomic E-state index is 14.0. The van der Waals surface area contributed by atoms with E-state index in [9.17, 15) is 23.5 Å². The molecule has 1 saturated heterocycles. The number of hydrogen-bond acceptors (Lipinski definition) is 8. The van der Waals surface area contributed by atoms with Gasteiger partial charge in [-0.2, -0.15) is 0 Å². The summed E-state index contributed by atoms with van der Waals surface area (Å²) >= 11 is 0. The molecule has 0 aliphatic carbocycles. The van der Waals surface area contributed by atoms with Crippen LogP contribution in [-0.4, -0.2) is 56.4 Å². The number of methoxy groups -OCH3 is 2. The van der Waals surface area contributed by atoms with Gasteiger partial charge < -0.3 is 23.9 Å². The molecule has 196 valence electrons. The number of rotatable bonds is 8. The summed E-state index contributed by atoms with van der Waals surface area (Å²) in [4.78, 5) is 29.0. The fourth-order valence-corrected chi connectivity index (χ4v) is 4.39. The summed E-state index contributed by atoms with van der Waals surface area (Å²) in [6.07, 6.45) is -0.345. The average Bonchev–Trinajstić information content (AvgIpc) is 2.91. The minimum Gasteiger partial charge on any atom is -0.502 e. The molecule has 1 atom stereocenters. The van der Waals surface area contributed by atoms with Gasteiger partial charge in [-0.1, -0.05) is 6.07 Å². The number of nitrogens with zero attached hydrogens (tertiary/aromatic N) is 2. The minimum absolute atomic E-state index is 0.160. The Balaban J connectivity index is 1.54. The van der Waals surface area contributed by atoms with E-state index < -0.39 is 34.7 Å². The van der Waals surface area contributed by atoms with Crippen LogP contribution in [0.4, 0.5) is 14.5 Å². The Kier molecular flexibility index (Phi) is 8.08. The van der Waals surface area contributed by atoms with Crippen LogP contribution in [0.15, 0.2) is 57.7 Å². The number of carbonyl (C=O) groups excluding carboxylic acids is 1. The number of carbonyl (C=O) groups is 1. The molecule has 0 spiro atoms. The van der Waals surface area contributed by atoms with Crippen molar-refractivity contribution < 1.29 is 32.6 Å². The van der Waals surface area contributed by atoms with Gasteiger partial charge in [0.25, 0.3) is 0 Å². The summed E-state index contributed by atoms with van der Waals surface area (Å²) in [5.41, 5.74) is 0.551. The lowest BCUT2D eigenvalue weighted by atomic mass is 9.92. The summed E-state index contributed by atoms with van der Waals surface area (Å²) < 4.78 is 43.4. The Morgan fingerprint density at radius 1 is 1.03 bits per heavy atom. The van der Waals surface area contributed by atoms with E-state index in [2.05, 4.69) is 9.80 Å². The summed E-state index contributed by atoms with van der Waals surface area (Å²) in [7, 11) is 2.80. The second-order valence-electron chi connectivity index (χ2n) is 8.76. The van der Waals surface area contributed by atoms with Crippen molar-refractivity contribution in [2.75, 3.05) is 45.3 Å². The molecule has 37 heavy (non-hydrogen) atoms. The summed E-state index contributed by atoms with van der Waals surface area (Å²) in [6.45, 7) is 3.19. The number of benzene rings is 2. The molecule has 2 heterocycles. The first-order valence-electron chi connectivity index (χ1n) is 11.8. The van der Waals surface area contributed by atoms with E-state index in [4.69, 9.17) is 13.9 Å². The zero-order valence-corrected chi connectivity index (χ0v) is 20.6. The lowest BCUT2D eigenvalue weighted by Crippen LogP contribution is -2.46. The Labute approximate surface area is 212 Å². The van der Waals surface area contributed by atoms with Gasteiger partial charge in [0.2, 0.25) is 11.2 Å². The maximum atomic E-state index is 14.0. The molecule has 0 radical (unpaired) electrons. The van der Waals surface area contributed by atoms with Crippen LogP contribution in [0.25, 0.3) is 0 Å². The van der Waals surface area contributed by atoms with E-state index in [1.807, 2.05) is 24.3 Å². The van der Waals surface area contributed by atoms with Gasteiger partial charge in [0, 0.05) is 37.9 Å². The van der Waals surface area contributed by atoms with Gasteiger partial charge in [-0.15, -0.1) is 0 Å². The highest BCUT2D eigenvalue weighted by molar-refractivity contribution is 5.71. The van der Waals surface area contributed by atoms with Crippen molar-refractivity contribution in [2.45, 2.75) is 18.9 Å². The fourth-order valence-electron chi connectivity index (χ4n) is 4.39. The molecule has 1 fully saturated rings. The molecule has 2 aromatic carbocycles. The van der Waals surface area contributed by atoms with E-state index in [-0.39, 0.29) is 23.5 Å². The third kappa shape index (κ3) is 6.08. The molecule has 0 saturated carbocycles. The van der Waals surface area contributed by atoms with Crippen molar-refractivity contribution in [1.82, 2.24) is 4.90 Å². The summed E-state index contributed by atoms with van der Waals surface area (Å²) in [5, 5.41) is 10.5. The smallest absolute Gasteiger partial charge is 0.306 e. The topological polar surface area (TPSA) is 92.5 Å². The van der Waals surface area contributed by atoms with E-state index >= 15 is 0 Å². The highest BCUT2D eigenvalue weighted by Gasteiger charge is 2.28. The van der Waals surface area contributed by atoms with E-state index in [1.54, 1.807) is 7.11 Å². The van der Waals surface area contributed by atoms with Gasteiger partial charge in [-0.05, 0) is 42.0 Å². The highest BCUT2D eigenvalue weighted by atomic mass is 19.2. The Hall–Kier alpha value is -3.92. The third-order valence-corrected chi connectivity index (χ3v) is 6.45. The Bertz CT molecular complexity index is 1300. The van der Waals surface area contributed by atoms with Gasteiger partial charge in [-0.25, -0.2) is 8.78 Å². The number of esters is 1. The minimum atomic E-state index is -1.12. The predicted molar refractivity (Wildman–Crippen MR) is 132 cm³/mol. The van der Waals surface area contributed by atoms with Crippen LogP contribution in [0, 0.1) is 11.6 Å². The van der Waals surface area contributed by atoms with Crippen molar-refractivity contribution in [2.24, 2.45) is 0 Å². The number of hydrogen-bond donors (Lipinski definition) is 1. The zero-order valence-electron chi connectivity index (χ0n) is 20.6. The molecule has 1 N–H and O–H groups in total. The van der Waals surface area contributed by atoms with Crippen molar-refractivity contribution >= 4 is 11.7 Å². The standard InChI is InChI=1S/C27H28F2N2O6/c1-35-19-6-4-18(5-7-19)31-11-9-30(10-12-31)16-20-14-24(32)26(34)27(37-20)21(15-25(33)36-2)17-3-8-22(28)23(29)13-17/h3-8,13-14,21,34H,9-12,15-16H2,1-2H3/t21-/m1/s1. The number of ether oxygens (including phenoxy) is 2. The average molecular weight is 515 g/mol. The first-order chi connectivity index (χ1) is 17.8. The lowest BCUT2D eigenvalue weighted by Gasteiger charge is -2.36. The number of aromatic hydroxyl groups is 1. The van der Waals surface area contributed by atoms with Crippen LogP contribution < -0.4 is 15.1 Å². The van der Waals surface area contributed by atoms with Crippen molar-refractivity contribution in [1.29, 1.82) is 0 Å². The Morgan fingerprint density at radius 3 is 2.35 bits per heavy atom. The largest absolute Gasteiger partial charge is 0.502 e. The molecule has 8 nitrogen and oxygen atoms in total. The second-order valence-corrected chi connectivity index (χ2v) is 8.76. The molecule has 1 aliphatic heterocycles. The maximum Gasteiger partial charge on any atom is 0.306 e. The molecule has 3 aromatic rings. The van der Waals surface area contributed by atoms with Gasteiger partial charge in [0.05, 0.1) is 33.1 Å². The van der Waals surface area contributed by atoms with Crippen LogP contribution in [0.1, 0.15) is 29.4 Å². The van der Waals surface area contributed by atoms with Gasteiger partial charge in [0.1, 0.15) is 11.5 Å². The van der Waals surface area contributed by atoms with E-state index in [1.165, 1.54) is 19.2 Å². The van der Waals surface area contributed by atoms with Gasteiger partial charge in [0.15, 0.2) is 17.4 Å². The number of halogens is 2. The monoisotopic (exact) mass is 514 g/mol. The van der Waals surface area contributed by atoms with Gasteiger partial charge >= 0.3 is 5.97 Å². The van der Waals surface area contributed by atoms with E-state index in [0.717, 1.165) is 36.7 Å². The van der Waals surface area contributed by atoms with Crippen LogP contribution in [0.2, 0.25) is 0 Å². The predicted octanol–water partition coefficient (Wildman–Crippen LogP) is 3.65. The van der Waals surface area contributed by atoms with Crippen molar-refractivity contribution in [3.63, 3.8) is 0 Å². The molecule has 10 heteroatoms. The SMILES string of the molecule is COC(=O)C[C@H](c1ccc(F)c(F)c1)c1oc(CN2CCN(c3ccc(OC)cc3)CC2)cc(=O)c1O. The fraction of sp³-hybridized carbons (Fsp3) is 0.333. The quantitative estimate of drug-likeness (QED) is 0.456. The molecular weight excluding hydrogens is 486 g/mol. The van der Waals surface area contributed by atoms with Crippen molar-refractivity contribution in [3.05, 3.63) is 87.5 Å².